The number of likely N-dealkylation sites (N-methyl/N-ethyl adjacent to an activating group) is 1. The van der Waals surface area contributed by atoms with E-state index in [9.17, 15) is 0 Å². The van der Waals surface area contributed by atoms with Crippen LogP contribution in [-0.2, 0) is 6.42 Å². The zero-order valence-corrected chi connectivity index (χ0v) is 25.0. The molecule has 0 fully saturated rings. The van der Waals surface area contributed by atoms with E-state index in [1.807, 2.05) is 18.2 Å². The largest absolute Gasteiger partial charge is 0.487 e. The second-order valence-corrected chi connectivity index (χ2v) is 12.0. The van der Waals surface area contributed by atoms with Crippen LogP contribution in [0.1, 0.15) is 114 Å². The van der Waals surface area contributed by atoms with Gasteiger partial charge in [-0.2, -0.15) is 0 Å². The van der Waals surface area contributed by atoms with Crippen molar-refractivity contribution in [1.29, 1.82) is 0 Å². The Morgan fingerprint density at radius 3 is 1.76 bits per heavy atom. The third-order valence-corrected chi connectivity index (χ3v) is 7.82. The first kappa shape index (κ1) is 31.7. The Labute approximate surface area is 234 Å². The third-order valence-electron chi connectivity index (χ3n) is 7.58. The van der Waals surface area contributed by atoms with Crippen LogP contribution in [0.5, 0.6) is 5.75 Å². The Morgan fingerprint density at radius 1 is 0.649 bits per heavy atom. The van der Waals surface area contributed by atoms with Crippen LogP contribution >= 0.6 is 11.6 Å². The Morgan fingerprint density at radius 2 is 1.19 bits per heavy atom. The fourth-order valence-electron chi connectivity index (χ4n) is 5.07. The molecule has 208 valence electrons. The average molecular weight is 529 g/mol. The highest BCUT2D eigenvalue weighted by Crippen LogP contribution is 2.26. The van der Waals surface area contributed by atoms with Gasteiger partial charge in [0.2, 0.25) is 0 Å². The number of unbranched alkanes of at least 4 members (excludes halogenated alkanes) is 14. The summed E-state index contributed by atoms with van der Waals surface area (Å²) < 4.78 is 7.27. The number of ether oxygens (including phenoxy) is 1. The van der Waals surface area contributed by atoms with Gasteiger partial charge in [-0.1, -0.05) is 132 Å². The van der Waals surface area contributed by atoms with E-state index in [1.165, 1.54) is 108 Å². The molecule has 0 aliphatic carbocycles. The SMILES string of the molecule is CCCCCCCCCCCCCCCCC[N+](C)(C)CCOc1ccc(Cl)cc1Cc1ccccc1. The van der Waals surface area contributed by atoms with Gasteiger partial charge in [-0.3, -0.25) is 0 Å². The third kappa shape index (κ3) is 15.5. The first-order chi connectivity index (χ1) is 18.0. The van der Waals surface area contributed by atoms with E-state index in [2.05, 4.69) is 51.4 Å². The number of rotatable bonds is 22. The van der Waals surface area contributed by atoms with Gasteiger partial charge >= 0.3 is 0 Å². The fourth-order valence-corrected chi connectivity index (χ4v) is 5.26. The molecule has 0 saturated carbocycles. The highest BCUT2D eigenvalue weighted by Gasteiger charge is 2.15. The summed E-state index contributed by atoms with van der Waals surface area (Å²) in [5.74, 6) is 0.959. The molecule has 0 unspecified atom stereocenters. The minimum atomic E-state index is 0.731. The fraction of sp³-hybridized carbons (Fsp3) is 0.647. The van der Waals surface area contributed by atoms with Gasteiger partial charge in [0, 0.05) is 11.4 Å². The highest BCUT2D eigenvalue weighted by atomic mass is 35.5. The lowest BCUT2D eigenvalue weighted by Crippen LogP contribution is -2.43. The molecule has 37 heavy (non-hydrogen) atoms. The zero-order chi connectivity index (χ0) is 26.6. The maximum Gasteiger partial charge on any atom is 0.137 e. The van der Waals surface area contributed by atoms with Crippen LogP contribution in [0.15, 0.2) is 48.5 Å². The number of halogens is 1. The molecule has 0 heterocycles. The zero-order valence-electron chi connectivity index (χ0n) is 24.3. The van der Waals surface area contributed by atoms with Crippen molar-refractivity contribution in [2.24, 2.45) is 0 Å². The molecule has 0 amide bonds. The van der Waals surface area contributed by atoms with Crippen molar-refractivity contribution < 1.29 is 9.22 Å². The van der Waals surface area contributed by atoms with Crippen LogP contribution < -0.4 is 4.74 Å². The number of benzene rings is 2. The molecule has 2 aromatic carbocycles. The summed E-state index contributed by atoms with van der Waals surface area (Å²) in [5, 5.41) is 0.766. The van der Waals surface area contributed by atoms with Gasteiger partial charge in [0.05, 0.1) is 20.6 Å². The molecule has 0 radical (unpaired) electrons. The van der Waals surface area contributed by atoms with E-state index in [1.54, 1.807) is 0 Å². The van der Waals surface area contributed by atoms with Crippen LogP contribution in [0.4, 0.5) is 0 Å². The lowest BCUT2D eigenvalue weighted by atomic mass is 10.0. The van der Waals surface area contributed by atoms with E-state index in [-0.39, 0.29) is 0 Å². The van der Waals surface area contributed by atoms with Crippen LogP contribution in [0.2, 0.25) is 5.02 Å². The van der Waals surface area contributed by atoms with Gasteiger partial charge < -0.3 is 9.22 Å². The van der Waals surface area contributed by atoms with Crippen molar-refractivity contribution in [3.63, 3.8) is 0 Å². The van der Waals surface area contributed by atoms with E-state index < -0.39 is 0 Å². The van der Waals surface area contributed by atoms with Gasteiger partial charge in [-0.15, -0.1) is 0 Å². The van der Waals surface area contributed by atoms with Gasteiger partial charge in [0.1, 0.15) is 18.9 Å². The van der Waals surface area contributed by atoms with Crippen molar-refractivity contribution >= 4 is 11.6 Å². The predicted octanol–water partition coefficient (Wildman–Crippen LogP) is 10.3. The number of hydrogen-bond donors (Lipinski definition) is 0. The summed E-state index contributed by atoms with van der Waals surface area (Å²) in [4.78, 5) is 0. The summed E-state index contributed by atoms with van der Waals surface area (Å²) >= 11 is 6.29. The molecule has 0 aliphatic heterocycles. The molecule has 2 nitrogen and oxygen atoms in total. The van der Waals surface area contributed by atoms with Crippen molar-refractivity contribution in [2.75, 3.05) is 33.8 Å². The average Bonchev–Trinajstić information content (AvgIpc) is 2.88. The van der Waals surface area contributed by atoms with E-state index in [0.29, 0.717) is 0 Å². The first-order valence-corrected chi connectivity index (χ1v) is 15.6. The topological polar surface area (TPSA) is 9.23 Å². The molecule has 2 aromatic rings. The molecule has 0 bridgehead atoms. The van der Waals surface area contributed by atoms with Gasteiger partial charge in [-0.25, -0.2) is 0 Å². The Bertz CT molecular complexity index is 820. The standard InChI is InChI=1S/C34H55ClNO/c1-4-5-6-7-8-9-10-11-12-13-14-15-16-17-21-26-36(2,3)27-28-37-34-25-24-33(35)30-32(34)29-31-22-19-18-20-23-31/h18-20,22-25,30H,4-17,21,26-29H2,1-3H3/q+1. The van der Waals surface area contributed by atoms with Gasteiger partial charge in [0.15, 0.2) is 0 Å². The molecule has 0 spiro atoms. The van der Waals surface area contributed by atoms with Crippen molar-refractivity contribution in [2.45, 2.75) is 110 Å². The molecule has 0 aliphatic rings. The quantitative estimate of drug-likeness (QED) is 0.109. The van der Waals surface area contributed by atoms with Crippen molar-refractivity contribution in [3.05, 3.63) is 64.7 Å². The second-order valence-electron chi connectivity index (χ2n) is 11.6. The molecule has 2 rings (SSSR count). The predicted molar refractivity (Wildman–Crippen MR) is 163 cm³/mol. The highest BCUT2D eigenvalue weighted by molar-refractivity contribution is 6.30. The molecular weight excluding hydrogens is 474 g/mol. The molecule has 0 saturated heterocycles. The monoisotopic (exact) mass is 528 g/mol. The molecule has 0 N–H and O–H groups in total. The van der Waals surface area contributed by atoms with Gasteiger partial charge in [0.25, 0.3) is 0 Å². The van der Waals surface area contributed by atoms with E-state index in [0.717, 1.165) is 40.4 Å². The number of quaternary nitrogens is 1. The molecule has 0 atom stereocenters. The normalized spacial score (nSPS) is 11.7. The number of hydrogen-bond acceptors (Lipinski definition) is 1. The van der Waals surface area contributed by atoms with Crippen molar-refractivity contribution in [1.82, 2.24) is 0 Å². The maximum absolute atomic E-state index is 6.29. The summed E-state index contributed by atoms with van der Waals surface area (Å²) in [6.07, 6.45) is 22.1. The second kappa shape index (κ2) is 19.5. The van der Waals surface area contributed by atoms with E-state index in [4.69, 9.17) is 16.3 Å². The van der Waals surface area contributed by atoms with Crippen LogP contribution in [-0.4, -0.2) is 38.3 Å². The van der Waals surface area contributed by atoms with Crippen LogP contribution in [0, 0.1) is 0 Å². The summed E-state index contributed by atoms with van der Waals surface area (Å²) in [7, 11) is 4.67. The Kier molecular flexibility index (Phi) is 16.7. The van der Waals surface area contributed by atoms with E-state index >= 15 is 0 Å². The maximum atomic E-state index is 6.29. The van der Waals surface area contributed by atoms with Gasteiger partial charge in [-0.05, 0) is 42.2 Å². The number of nitrogens with zero attached hydrogens (tertiary/aromatic N) is 1. The molecule has 0 aromatic heterocycles. The lowest BCUT2D eigenvalue weighted by molar-refractivity contribution is -0.890. The minimum Gasteiger partial charge on any atom is -0.487 e. The Hall–Kier alpha value is -1.51. The lowest BCUT2D eigenvalue weighted by Gasteiger charge is -2.30. The Balaban J connectivity index is 1.51. The summed E-state index contributed by atoms with van der Waals surface area (Å²) in [6.45, 7) is 5.27. The molecular formula is C34H55ClNO+. The summed E-state index contributed by atoms with van der Waals surface area (Å²) in [6, 6.07) is 16.5. The van der Waals surface area contributed by atoms with Crippen molar-refractivity contribution in [3.8, 4) is 5.75 Å². The first-order valence-electron chi connectivity index (χ1n) is 15.3. The van der Waals surface area contributed by atoms with Crippen LogP contribution in [0.25, 0.3) is 0 Å². The van der Waals surface area contributed by atoms with Crippen LogP contribution in [0.3, 0.4) is 0 Å². The summed E-state index contributed by atoms with van der Waals surface area (Å²) in [5.41, 5.74) is 2.44. The molecule has 3 heteroatoms. The minimum absolute atomic E-state index is 0.731. The smallest absolute Gasteiger partial charge is 0.137 e.